The van der Waals surface area contributed by atoms with Crippen LogP contribution in [0.4, 0.5) is 14.5 Å². The number of hydrogen-bond acceptors (Lipinski definition) is 2. The molecule has 0 atom stereocenters. The first-order chi connectivity index (χ1) is 9.44. The van der Waals surface area contributed by atoms with E-state index >= 15 is 0 Å². The SMILES string of the molecule is CCC(CC)CN(CC)C(=O)c1cc(F)cc(N)c1F. The van der Waals surface area contributed by atoms with Gasteiger partial charge in [0.15, 0.2) is 5.82 Å². The third-order valence-electron chi connectivity index (χ3n) is 3.60. The summed E-state index contributed by atoms with van der Waals surface area (Å²) in [5.41, 5.74) is 4.73. The first kappa shape index (κ1) is 16.4. The third kappa shape index (κ3) is 3.68. The Hall–Kier alpha value is -1.65. The van der Waals surface area contributed by atoms with Crippen LogP contribution < -0.4 is 5.73 Å². The number of halogens is 2. The van der Waals surface area contributed by atoms with E-state index in [4.69, 9.17) is 5.73 Å². The number of carbonyl (C=O) groups is 1. The highest BCUT2D eigenvalue weighted by Gasteiger charge is 2.22. The second-order valence-electron chi connectivity index (χ2n) is 4.88. The summed E-state index contributed by atoms with van der Waals surface area (Å²) in [5.74, 6) is -1.71. The predicted octanol–water partition coefficient (Wildman–Crippen LogP) is 3.45. The number of nitrogens with zero attached hydrogens (tertiary/aromatic N) is 1. The molecule has 5 heteroatoms. The fourth-order valence-corrected chi connectivity index (χ4v) is 2.15. The minimum Gasteiger partial charge on any atom is -0.396 e. The maximum atomic E-state index is 13.9. The zero-order chi connectivity index (χ0) is 15.3. The standard InChI is InChI=1S/C15H22F2N2O/c1-4-10(5-2)9-19(6-3)15(20)12-7-11(16)8-13(18)14(12)17/h7-8,10H,4-6,9,18H2,1-3H3. The largest absolute Gasteiger partial charge is 0.396 e. The fourth-order valence-electron chi connectivity index (χ4n) is 2.15. The first-order valence-corrected chi connectivity index (χ1v) is 6.98. The summed E-state index contributed by atoms with van der Waals surface area (Å²) in [6.45, 7) is 6.91. The molecule has 0 aliphatic rings. The van der Waals surface area contributed by atoms with Crippen LogP contribution in [-0.4, -0.2) is 23.9 Å². The second kappa shape index (κ2) is 7.22. The van der Waals surface area contributed by atoms with Gasteiger partial charge in [0.2, 0.25) is 0 Å². The molecule has 0 saturated carbocycles. The van der Waals surface area contributed by atoms with Crippen LogP contribution in [0.1, 0.15) is 44.0 Å². The molecule has 1 aromatic carbocycles. The number of amides is 1. The number of nitrogens with two attached hydrogens (primary N) is 1. The Kier molecular flexibility index (Phi) is 5.92. The molecule has 20 heavy (non-hydrogen) atoms. The summed E-state index contributed by atoms with van der Waals surface area (Å²) < 4.78 is 27.2. The highest BCUT2D eigenvalue weighted by atomic mass is 19.1. The molecule has 0 aliphatic carbocycles. The van der Waals surface area contributed by atoms with Gasteiger partial charge < -0.3 is 10.6 Å². The quantitative estimate of drug-likeness (QED) is 0.813. The van der Waals surface area contributed by atoms with Crippen LogP contribution in [0.2, 0.25) is 0 Å². The van der Waals surface area contributed by atoms with Crippen molar-refractivity contribution in [1.82, 2.24) is 4.90 Å². The molecular formula is C15H22F2N2O. The van der Waals surface area contributed by atoms with E-state index in [1.165, 1.54) is 4.90 Å². The zero-order valence-corrected chi connectivity index (χ0v) is 12.2. The van der Waals surface area contributed by atoms with Gasteiger partial charge >= 0.3 is 0 Å². The molecule has 112 valence electrons. The van der Waals surface area contributed by atoms with Gasteiger partial charge in [-0.2, -0.15) is 0 Å². The normalized spacial score (nSPS) is 10.9. The highest BCUT2D eigenvalue weighted by molar-refractivity contribution is 5.95. The molecule has 1 amide bonds. The molecule has 1 rings (SSSR count). The Morgan fingerprint density at radius 3 is 2.35 bits per heavy atom. The van der Waals surface area contributed by atoms with Crippen molar-refractivity contribution >= 4 is 11.6 Å². The lowest BCUT2D eigenvalue weighted by Crippen LogP contribution is -2.35. The minimum absolute atomic E-state index is 0.296. The lowest BCUT2D eigenvalue weighted by atomic mass is 10.0. The van der Waals surface area contributed by atoms with E-state index in [9.17, 15) is 13.6 Å². The molecule has 0 unspecified atom stereocenters. The van der Waals surface area contributed by atoms with E-state index in [2.05, 4.69) is 0 Å². The van der Waals surface area contributed by atoms with Crippen molar-refractivity contribution in [2.75, 3.05) is 18.8 Å². The molecule has 0 radical (unpaired) electrons. The smallest absolute Gasteiger partial charge is 0.257 e. The van der Waals surface area contributed by atoms with Crippen molar-refractivity contribution < 1.29 is 13.6 Å². The van der Waals surface area contributed by atoms with Crippen LogP contribution in [-0.2, 0) is 0 Å². The van der Waals surface area contributed by atoms with Gasteiger partial charge in [-0.25, -0.2) is 8.78 Å². The summed E-state index contributed by atoms with van der Waals surface area (Å²) in [6.07, 6.45) is 1.88. The molecule has 0 aromatic heterocycles. The van der Waals surface area contributed by atoms with Crippen LogP contribution in [0.5, 0.6) is 0 Å². The molecule has 0 saturated heterocycles. The lowest BCUT2D eigenvalue weighted by Gasteiger charge is -2.25. The summed E-state index contributed by atoms with van der Waals surface area (Å²) in [5, 5.41) is 0. The van der Waals surface area contributed by atoms with Gasteiger partial charge in [-0.1, -0.05) is 26.7 Å². The monoisotopic (exact) mass is 284 g/mol. The number of nitrogen functional groups attached to an aromatic ring is 1. The summed E-state index contributed by atoms with van der Waals surface area (Å²) in [4.78, 5) is 13.9. The molecule has 0 heterocycles. The van der Waals surface area contributed by atoms with Crippen molar-refractivity contribution in [2.45, 2.75) is 33.6 Å². The Balaban J connectivity index is 3.02. The first-order valence-electron chi connectivity index (χ1n) is 6.98. The van der Waals surface area contributed by atoms with E-state index in [1.54, 1.807) is 0 Å². The van der Waals surface area contributed by atoms with E-state index in [0.717, 1.165) is 25.0 Å². The maximum absolute atomic E-state index is 13.9. The predicted molar refractivity (Wildman–Crippen MR) is 76.4 cm³/mol. The van der Waals surface area contributed by atoms with Crippen LogP contribution in [0, 0.1) is 17.6 Å². The molecule has 0 spiro atoms. The van der Waals surface area contributed by atoms with Crippen molar-refractivity contribution in [2.24, 2.45) is 5.92 Å². The maximum Gasteiger partial charge on any atom is 0.257 e. The number of benzene rings is 1. The summed E-state index contributed by atoms with van der Waals surface area (Å²) in [7, 11) is 0. The molecule has 0 fully saturated rings. The van der Waals surface area contributed by atoms with E-state index in [1.807, 2.05) is 20.8 Å². The third-order valence-corrected chi connectivity index (χ3v) is 3.60. The summed E-state index contributed by atoms with van der Waals surface area (Å²) in [6, 6.07) is 1.78. The Labute approximate surface area is 118 Å². The lowest BCUT2D eigenvalue weighted by molar-refractivity contribution is 0.0730. The number of rotatable bonds is 6. The van der Waals surface area contributed by atoms with Gasteiger partial charge in [0.25, 0.3) is 5.91 Å². The molecule has 0 aliphatic heterocycles. The topological polar surface area (TPSA) is 46.3 Å². The van der Waals surface area contributed by atoms with Gasteiger partial charge in [-0.3, -0.25) is 4.79 Å². The van der Waals surface area contributed by atoms with E-state index in [0.29, 0.717) is 19.0 Å². The van der Waals surface area contributed by atoms with Crippen LogP contribution in [0.25, 0.3) is 0 Å². The number of hydrogen-bond donors (Lipinski definition) is 1. The van der Waals surface area contributed by atoms with Gasteiger partial charge in [0.1, 0.15) is 5.82 Å². The number of anilines is 1. The van der Waals surface area contributed by atoms with Gasteiger partial charge in [-0.15, -0.1) is 0 Å². The summed E-state index contributed by atoms with van der Waals surface area (Å²) >= 11 is 0. The van der Waals surface area contributed by atoms with E-state index < -0.39 is 17.5 Å². The molecular weight excluding hydrogens is 262 g/mol. The average Bonchev–Trinajstić information content (AvgIpc) is 2.43. The molecule has 2 N–H and O–H groups in total. The van der Waals surface area contributed by atoms with Crippen LogP contribution in [0.15, 0.2) is 12.1 Å². The van der Waals surface area contributed by atoms with Gasteiger partial charge in [0, 0.05) is 13.1 Å². The Bertz CT molecular complexity index is 473. The van der Waals surface area contributed by atoms with E-state index in [-0.39, 0.29) is 11.3 Å². The van der Waals surface area contributed by atoms with Crippen molar-refractivity contribution in [3.63, 3.8) is 0 Å². The number of carbonyl (C=O) groups excluding carboxylic acids is 1. The Morgan fingerprint density at radius 1 is 1.25 bits per heavy atom. The van der Waals surface area contributed by atoms with Crippen molar-refractivity contribution in [3.05, 3.63) is 29.3 Å². The second-order valence-corrected chi connectivity index (χ2v) is 4.88. The van der Waals surface area contributed by atoms with Crippen LogP contribution in [0.3, 0.4) is 0 Å². The minimum atomic E-state index is -0.848. The fraction of sp³-hybridized carbons (Fsp3) is 0.533. The Morgan fingerprint density at radius 2 is 1.85 bits per heavy atom. The van der Waals surface area contributed by atoms with Crippen molar-refractivity contribution in [1.29, 1.82) is 0 Å². The van der Waals surface area contributed by atoms with Crippen LogP contribution >= 0.6 is 0 Å². The molecule has 0 bridgehead atoms. The van der Waals surface area contributed by atoms with Gasteiger partial charge in [-0.05, 0) is 25.0 Å². The highest BCUT2D eigenvalue weighted by Crippen LogP contribution is 2.20. The average molecular weight is 284 g/mol. The van der Waals surface area contributed by atoms with Crippen molar-refractivity contribution in [3.8, 4) is 0 Å². The zero-order valence-electron chi connectivity index (χ0n) is 12.2. The molecule has 1 aromatic rings. The molecule has 3 nitrogen and oxygen atoms in total. The van der Waals surface area contributed by atoms with Gasteiger partial charge in [0.05, 0.1) is 11.3 Å².